The molecule has 6 rings (SSSR count). The number of aromatic carboxylic acids is 1. The van der Waals surface area contributed by atoms with Gasteiger partial charge >= 0.3 is 5.97 Å². The molecule has 1 aromatic heterocycles. The lowest BCUT2D eigenvalue weighted by atomic mass is 10.1. The standard InChI is InChI=1S/C32H31FN4O5/c1-21-19-41-31-28-24(30(38)25(32(39)40)17-37(21)28)16-26(33)29(31)36-14-12-35(13-15-36)18-27(23-10-6-3-7-11-23)34-42-20-22-8-4-2-5-9-22/h2-11,16-17,21H,12-15,18-20H2,1H3,(H,39,40)/b34-27-/t21-/m0/s1. The molecule has 0 amide bonds. The summed E-state index contributed by atoms with van der Waals surface area (Å²) in [6.45, 7) is 5.37. The van der Waals surface area contributed by atoms with E-state index in [9.17, 15) is 14.7 Å². The van der Waals surface area contributed by atoms with Gasteiger partial charge in [-0.25, -0.2) is 9.18 Å². The highest BCUT2D eigenvalue weighted by atomic mass is 19.1. The smallest absolute Gasteiger partial charge is 0.341 e. The Morgan fingerprint density at radius 2 is 1.76 bits per heavy atom. The number of hydrogen-bond donors (Lipinski definition) is 1. The largest absolute Gasteiger partial charge is 0.487 e. The van der Waals surface area contributed by atoms with Crippen LogP contribution in [-0.4, -0.2) is 65.6 Å². The predicted molar refractivity (Wildman–Crippen MR) is 158 cm³/mol. The van der Waals surface area contributed by atoms with Crippen molar-refractivity contribution in [3.05, 3.63) is 106 Å². The Kier molecular flexibility index (Phi) is 7.62. The molecule has 0 radical (unpaired) electrons. The minimum atomic E-state index is -1.34. The van der Waals surface area contributed by atoms with Gasteiger partial charge in [-0.1, -0.05) is 65.8 Å². The molecule has 0 unspecified atom stereocenters. The second kappa shape index (κ2) is 11.7. The first-order chi connectivity index (χ1) is 20.4. The number of nitrogens with zero attached hydrogens (tertiary/aromatic N) is 4. The molecule has 3 aromatic carbocycles. The molecule has 0 bridgehead atoms. The van der Waals surface area contributed by atoms with Gasteiger partial charge in [0, 0.05) is 44.5 Å². The summed E-state index contributed by atoms with van der Waals surface area (Å²) in [5.74, 6) is -1.66. The summed E-state index contributed by atoms with van der Waals surface area (Å²) in [4.78, 5) is 34.5. The van der Waals surface area contributed by atoms with Gasteiger partial charge in [-0.15, -0.1) is 0 Å². The quantitative estimate of drug-likeness (QED) is 0.246. The van der Waals surface area contributed by atoms with Crippen LogP contribution < -0.4 is 15.1 Å². The third kappa shape index (κ3) is 5.33. The Morgan fingerprint density at radius 1 is 1.07 bits per heavy atom. The van der Waals surface area contributed by atoms with Gasteiger partial charge in [-0.3, -0.25) is 9.69 Å². The number of oxime groups is 1. The molecule has 2 aliphatic rings. The van der Waals surface area contributed by atoms with Gasteiger partial charge < -0.3 is 24.1 Å². The summed E-state index contributed by atoms with van der Waals surface area (Å²) in [5, 5.41) is 14.0. The second-order valence-electron chi connectivity index (χ2n) is 10.6. The van der Waals surface area contributed by atoms with Crippen molar-refractivity contribution in [2.24, 2.45) is 5.16 Å². The highest BCUT2D eigenvalue weighted by molar-refractivity contribution is 6.01. The zero-order chi connectivity index (χ0) is 29.2. The second-order valence-corrected chi connectivity index (χ2v) is 10.6. The first-order valence-electron chi connectivity index (χ1n) is 13.9. The van der Waals surface area contributed by atoms with E-state index in [1.807, 2.05) is 72.5 Å². The number of rotatable bonds is 8. The van der Waals surface area contributed by atoms with Gasteiger partial charge in [0.25, 0.3) is 0 Å². The highest BCUT2D eigenvalue weighted by Crippen LogP contribution is 2.42. The van der Waals surface area contributed by atoms with Crippen molar-refractivity contribution in [1.29, 1.82) is 0 Å². The summed E-state index contributed by atoms with van der Waals surface area (Å²) in [6, 6.07) is 20.7. The number of carbonyl (C=O) groups is 1. The van der Waals surface area contributed by atoms with Gasteiger partial charge in [-0.05, 0) is 18.6 Å². The summed E-state index contributed by atoms with van der Waals surface area (Å²) in [7, 11) is 0. The van der Waals surface area contributed by atoms with E-state index in [1.165, 1.54) is 6.20 Å². The van der Waals surface area contributed by atoms with E-state index >= 15 is 4.39 Å². The average Bonchev–Trinajstić information content (AvgIpc) is 3.00. The van der Waals surface area contributed by atoms with Crippen molar-refractivity contribution in [2.75, 3.05) is 44.2 Å². The molecular weight excluding hydrogens is 539 g/mol. The van der Waals surface area contributed by atoms with Crippen LogP contribution in [0.3, 0.4) is 0 Å². The number of hydrogen-bond acceptors (Lipinski definition) is 7. The van der Waals surface area contributed by atoms with E-state index in [2.05, 4.69) is 10.1 Å². The van der Waals surface area contributed by atoms with Crippen LogP contribution in [-0.2, 0) is 11.4 Å². The predicted octanol–water partition coefficient (Wildman–Crippen LogP) is 4.54. The Labute approximate surface area is 242 Å². The van der Waals surface area contributed by atoms with E-state index < -0.39 is 17.2 Å². The topological polar surface area (TPSA) is 96.6 Å². The number of halogens is 1. The van der Waals surface area contributed by atoms with Crippen LogP contribution in [0.2, 0.25) is 0 Å². The summed E-state index contributed by atoms with van der Waals surface area (Å²) in [5.41, 5.74) is 2.44. The van der Waals surface area contributed by atoms with Crippen LogP contribution in [0.1, 0.15) is 34.5 Å². The fraction of sp³-hybridized carbons (Fsp3) is 0.281. The van der Waals surface area contributed by atoms with Crippen molar-refractivity contribution >= 4 is 28.3 Å². The maximum absolute atomic E-state index is 15.7. The molecular formula is C32H31FN4O5. The molecule has 42 heavy (non-hydrogen) atoms. The average molecular weight is 571 g/mol. The molecule has 0 spiro atoms. The van der Waals surface area contributed by atoms with E-state index in [0.717, 1.165) is 22.9 Å². The zero-order valence-electron chi connectivity index (χ0n) is 23.2. The third-order valence-electron chi connectivity index (χ3n) is 7.79. The number of carboxylic acids is 1. The lowest BCUT2D eigenvalue weighted by molar-refractivity contribution is 0.0694. The normalized spacial score (nSPS) is 17.2. The Hall–Kier alpha value is -4.70. The minimum Gasteiger partial charge on any atom is -0.487 e. The summed E-state index contributed by atoms with van der Waals surface area (Å²) < 4.78 is 23.4. The molecule has 4 aromatic rings. The van der Waals surface area contributed by atoms with Crippen LogP contribution in [0.15, 0.2) is 82.9 Å². The molecule has 1 fully saturated rings. The molecule has 3 heterocycles. The Balaban J connectivity index is 1.23. The number of aromatic nitrogens is 1. The van der Waals surface area contributed by atoms with E-state index in [-0.39, 0.29) is 29.3 Å². The van der Waals surface area contributed by atoms with Crippen LogP contribution >= 0.6 is 0 Å². The first-order valence-corrected chi connectivity index (χ1v) is 13.9. The molecule has 216 valence electrons. The van der Waals surface area contributed by atoms with Gasteiger partial charge in [-0.2, -0.15) is 0 Å². The zero-order valence-corrected chi connectivity index (χ0v) is 23.2. The number of carboxylic acid groups (broad SMARTS) is 1. The van der Waals surface area contributed by atoms with Gasteiger partial charge in [0.05, 0.1) is 16.9 Å². The monoisotopic (exact) mass is 570 g/mol. The minimum absolute atomic E-state index is 0.00977. The van der Waals surface area contributed by atoms with Crippen LogP contribution in [0, 0.1) is 5.82 Å². The number of ether oxygens (including phenoxy) is 1. The Morgan fingerprint density at radius 3 is 2.45 bits per heavy atom. The van der Waals surface area contributed by atoms with E-state index in [0.29, 0.717) is 50.5 Å². The van der Waals surface area contributed by atoms with Crippen LogP contribution in [0.25, 0.3) is 10.9 Å². The molecule has 1 atom stereocenters. The van der Waals surface area contributed by atoms with Gasteiger partial charge in [0.1, 0.15) is 30.2 Å². The van der Waals surface area contributed by atoms with Gasteiger partial charge in [0.2, 0.25) is 5.43 Å². The maximum atomic E-state index is 15.7. The SMILES string of the molecule is C[C@H]1COc2c(N3CCN(C/C(=N/OCc4ccccc4)c4ccccc4)CC3)c(F)cc3c(=O)c(C(=O)O)cn1c23. The fourth-order valence-electron chi connectivity index (χ4n) is 5.56. The molecule has 1 saturated heterocycles. The highest BCUT2D eigenvalue weighted by Gasteiger charge is 2.31. The molecule has 10 heteroatoms. The molecule has 9 nitrogen and oxygen atoms in total. The number of benzene rings is 3. The van der Waals surface area contributed by atoms with Crippen LogP contribution in [0.5, 0.6) is 5.75 Å². The number of pyridine rings is 1. The number of anilines is 1. The number of piperazine rings is 1. The van der Waals surface area contributed by atoms with Crippen molar-refractivity contribution in [2.45, 2.75) is 19.6 Å². The van der Waals surface area contributed by atoms with Crippen molar-refractivity contribution < 1.29 is 23.9 Å². The van der Waals surface area contributed by atoms with Crippen molar-refractivity contribution in [1.82, 2.24) is 9.47 Å². The molecule has 1 N–H and O–H groups in total. The van der Waals surface area contributed by atoms with E-state index in [4.69, 9.17) is 9.57 Å². The lowest BCUT2D eigenvalue weighted by Gasteiger charge is -2.38. The summed E-state index contributed by atoms with van der Waals surface area (Å²) >= 11 is 0. The van der Waals surface area contributed by atoms with Gasteiger partial charge in [0.15, 0.2) is 11.6 Å². The van der Waals surface area contributed by atoms with Crippen molar-refractivity contribution in [3.8, 4) is 5.75 Å². The first kappa shape index (κ1) is 27.5. The third-order valence-corrected chi connectivity index (χ3v) is 7.79. The molecule has 2 aliphatic heterocycles. The van der Waals surface area contributed by atoms with Crippen LogP contribution in [0.4, 0.5) is 10.1 Å². The van der Waals surface area contributed by atoms with E-state index in [1.54, 1.807) is 4.57 Å². The summed E-state index contributed by atoms with van der Waals surface area (Å²) in [6.07, 6.45) is 1.34. The molecule has 0 saturated carbocycles. The lowest BCUT2D eigenvalue weighted by Crippen LogP contribution is -2.48. The molecule has 0 aliphatic carbocycles. The maximum Gasteiger partial charge on any atom is 0.341 e. The Bertz CT molecular complexity index is 1700. The van der Waals surface area contributed by atoms with Crippen molar-refractivity contribution in [3.63, 3.8) is 0 Å². The fourth-order valence-corrected chi connectivity index (χ4v) is 5.56.